The zero-order valence-corrected chi connectivity index (χ0v) is 25.6. The zero-order chi connectivity index (χ0) is 28.1. The molecule has 0 spiro atoms. The number of hydrogen-bond acceptors (Lipinski definition) is 3. The number of fused-ring (bicyclic) bond motifs is 12. The molecule has 4 aliphatic rings. The fourth-order valence-corrected chi connectivity index (χ4v) is 11.0. The van der Waals surface area contributed by atoms with Gasteiger partial charge in [0.25, 0.3) is 0 Å². The Balaban J connectivity index is 1.09. The van der Waals surface area contributed by atoms with Crippen LogP contribution in [0.3, 0.4) is 0 Å². The van der Waals surface area contributed by atoms with Crippen LogP contribution in [0.15, 0.2) is 119 Å². The molecular formula is C40H31NS2. The minimum Gasteiger partial charge on any atom is -0.314 e. The fraction of sp³-hybridized carbons (Fsp3) is 0.200. The van der Waals surface area contributed by atoms with Crippen LogP contribution in [-0.2, 0) is 0 Å². The third-order valence-electron chi connectivity index (χ3n) is 10.3. The Bertz CT molecular complexity index is 2180. The van der Waals surface area contributed by atoms with Crippen molar-refractivity contribution in [3.8, 4) is 11.1 Å². The molecule has 10 rings (SSSR count). The van der Waals surface area contributed by atoms with Crippen LogP contribution in [0.2, 0.25) is 0 Å². The molecule has 2 aliphatic carbocycles. The summed E-state index contributed by atoms with van der Waals surface area (Å²) in [5.74, 6) is 1.11. The van der Waals surface area contributed by atoms with Crippen LogP contribution in [0, 0.1) is 0 Å². The average molecular weight is 590 g/mol. The topological polar surface area (TPSA) is 3.24 Å². The molecule has 0 saturated carbocycles. The lowest BCUT2D eigenvalue weighted by molar-refractivity contribution is 0.636. The van der Waals surface area contributed by atoms with Gasteiger partial charge >= 0.3 is 0 Å². The molecule has 43 heavy (non-hydrogen) atoms. The van der Waals surface area contributed by atoms with Crippen molar-refractivity contribution >= 4 is 65.4 Å². The van der Waals surface area contributed by atoms with Crippen molar-refractivity contribution < 1.29 is 0 Å². The second kappa shape index (κ2) is 9.35. The maximum Gasteiger partial charge on any atom is 0.0503 e. The summed E-state index contributed by atoms with van der Waals surface area (Å²) in [4.78, 5) is 5.70. The van der Waals surface area contributed by atoms with Gasteiger partial charge in [-0.25, -0.2) is 0 Å². The highest BCUT2D eigenvalue weighted by atomic mass is 32.2. The summed E-state index contributed by atoms with van der Waals surface area (Å²) in [6.45, 7) is 0. The molecule has 2 unspecified atom stereocenters. The summed E-state index contributed by atoms with van der Waals surface area (Å²) in [7, 11) is 0. The third-order valence-corrected chi connectivity index (χ3v) is 12.8. The van der Waals surface area contributed by atoms with E-state index in [4.69, 9.17) is 0 Å². The minimum absolute atomic E-state index is 0.477. The fourth-order valence-electron chi connectivity index (χ4n) is 8.34. The van der Waals surface area contributed by atoms with Crippen LogP contribution in [-0.4, -0.2) is 0 Å². The number of benzene rings is 5. The predicted molar refractivity (Wildman–Crippen MR) is 186 cm³/mol. The molecule has 5 aromatic carbocycles. The third kappa shape index (κ3) is 3.53. The minimum atomic E-state index is 0.477. The van der Waals surface area contributed by atoms with Gasteiger partial charge in [0, 0.05) is 48.3 Å². The first-order valence-electron chi connectivity index (χ1n) is 15.8. The molecule has 1 nitrogen and oxygen atoms in total. The first-order valence-corrected chi connectivity index (χ1v) is 17.4. The molecule has 3 heterocycles. The van der Waals surface area contributed by atoms with Gasteiger partial charge in [-0.15, -0.1) is 11.3 Å². The molecule has 2 aliphatic heterocycles. The first-order chi connectivity index (χ1) is 21.3. The van der Waals surface area contributed by atoms with E-state index in [9.17, 15) is 0 Å². The first kappa shape index (κ1) is 24.6. The van der Waals surface area contributed by atoms with Gasteiger partial charge in [0.05, 0.1) is 5.69 Å². The molecule has 1 aromatic heterocycles. The number of thiophene rings is 1. The lowest BCUT2D eigenvalue weighted by Gasteiger charge is -2.26. The largest absolute Gasteiger partial charge is 0.314 e. The summed E-state index contributed by atoms with van der Waals surface area (Å²) in [5, 5.41) is 5.65. The monoisotopic (exact) mass is 589 g/mol. The number of allylic oxidation sites excluding steroid dienone is 4. The number of anilines is 2. The molecule has 208 valence electrons. The van der Waals surface area contributed by atoms with Gasteiger partial charge in [0.1, 0.15) is 0 Å². The highest BCUT2D eigenvalue weighted by Crippen LogP contribution is 2.58. The van der Waals surface area contributed by atoms with E-state index in [1.807, 2.05) is 11.3 Å². The van der Waals surface area contributed by atoms with E-state index < -0.39 is 0 Å². The summed E-state index contributed by atoms with van der Waals surface area (Å²) in [5.41, 5.74) is 9.88. The second-order valence-corrected chi connectivity index (χ2v) is 14.7. The van der Waals surface area contributed by atoms with Crippen molar-refractivity contribution in [3.63, 3.8) is 0 Å². The Morgan fingerprint density at radius 3 is 2.40 bits per heavy atom. The number of rotatable bonds is 2. The van der Waals surface area contributed by atoms with Crippen LogP contribution in [0.5, 0.6) is 0 Å². The Kier molecular flexibility index (Phi) is 5.36. The van der Waals surface area contributed by atoms with Crippen molar-refractivity contribution in [3.05, 3.63) is 125 Å². The molecule has 0 bridgehead atoms. The van der Waals surface area contributed by atoms with Gasteiger partial charge in [-0.3, -0.25) is 0 Å². The molecular weight excluding hydrogens is 559 g/mol. The van der Waals surface area contributed by atoms with Crippen LogP contribution in [0.25, 0.3) is 42.1 Å². The highest BCUT2D eigenvalue weighted by Gasteiger charge is 2.38. The SMILES string of the molecule is C1=C2Sc3c(ccc4c5c(ccc34)N(c3ccc(-c4cccc6c4sc4ccccc46)cc3)C3=CCCCC35)C2CCC1. The van der Waals surface area contributed by atoms with Crippen molar-refractivity contribution in [1.29, 1.82) is 0 Å². The summed E-state index contributed by atoms with van der Waals surface area (Å²) in [6, 6.07) is 34.7. The smallest absolute Gasteiger partial charge is 0.0503 e. The molecule has 0 radical (unpaired) electrons. The molecule has 0 N–H and O–H groups in total. The van der Waals surface area contributed by atoms with Crippen LogP contribution >= 0.6 is 23.1 Å². The second-order valence-electron chi connectivity index (χ2n) is 12.5. The van der Waals surface area contributed by atoms with E-state index in [2.05, 4.69) is 120 Å². The van der Waals surface area contributed by atoms with Gasteiger partial charge in [-0.05, 0) is 101 Å². The quantitative estimate of drug-likeness (QED) is 0.198. The van der Waals surface area contributed by atoms with Crippen LogP contribution < -0.4 is 4.90 Å². The highest BCUT2D eigenvalue weighted by molar-refractivity contribution is 8.03. The molecule has 0 fully saturated rings. The Labute approximate surface area is 260 Å². The van der Waals surface area contributed by atoms with Crippen LogP contribution in [0.4, 0.5) is 11.4 Å². The van der Waals surface area contributed by atoms with E-state index in [-0.39, 0.29) is 0 Å². The van der Waals surface area contributed by atoms with Crippen molar-refractivity contribution in [2.24, 2.45) is 0 Å². The van der Waals surface area contributed by atoms with Crippen molar-refractivity contribution in [1.82, 2.24) is 0 Å². The lowest BCUT2D eigenvalue weighted by atomic mass is 9.84. The molecule has 0 amide bonds. The molecule has 3 heteroatoms. The van der Waals surface area contributed by atoms with E-state index in [1.165, 1.54) is 103 Å². The van der Waals surface area contributed by atoms with Crippen molar-refractivity contribution in [2.45, 2.75) is 55.3 Å². The maximum absolute atomic E-state index is 2.57. The van der Waals surface area contributed by atoms with Crippen molar-refractivity contribution in [2.75, 3.05) is 4.90 Å². The summed E-state index contributed by atoms with van der Waals surface area (Å²) in [6.07, 6.45) is 12.6. The molecule has 0 saturated heterocycles. The standard InChI is InChI=1S/C40H31NS2/c1-4-13-34-33(10-1)38-29-20-21-31-28-9-3-6-15-37(28)43-40(31)32(29)22-23-35(38)41(34)25-18-16-24(17-19-25)26-11-7-12-30-27-8-2-5-14-36(27)42-39(26)30/h2,5,7-8,11-23,28,33H,1,3-4,6,9-10H2. The normalized spacial score (nSPS) is 20.6. The number of hydrogen-bond donors (Lipinski definition) is 0. The van der Waals surface area contributed by atoms with Gasteiger partial charge in [-0.1, -0.05) is 90.6 Å². The van der Waals surface area contributed by atoms with Gasteiger partial charge in [0.15, 0.2) is 0 Å². The van der Waals surface area contributed by atoms with E-state index in [1.54, 1.807) is 16.0 Å². The lowest BCUT2D eigenvalue weighted by Crippen LogP contribution is -2.15. The predicted octanol–water partition coefficient (Wildman–Crippen LogP) is 12.4. The zero-order valence-electron chi connectivity index (χ0n) is 24.0. The number of thioether (sulfide) groups is 1. The van der Waals surface area contributed by atoms with E-state index >= 15 is 0 Å². The van der Waals surface area contributed by atoms with Gasteiger partial charge < -0.3 is 4.90 Å². The maximum atomic E-state index is 2.57. The van der Waals surface area contributed by atoms with Gasteiger partial charge in [-0.2, -0.15) is 0 Å². The van der Waals surface area contributed by atoms with E-state index in [0.717, 1.165) is 0 Å². The molecule has 6 aromatic rings. The van der Waals surface area contributed by atoms with Gasteiger partial charge in [0.2, 0.25) is 0 Å². The number of nitrogens with zero attached hydrogens (tertiary/aromatic N) is 1. The Morgan fingerprint density at radius 1 is 0.651 bits per heavy atom. The summed E-state index contributed by atoms with van der Waals surface area (Å²) < 4.78 is 2.74. The molecule has 2 atom stereocenters. The Morgan fingerprint density at radius 2 is 1.47 bits per heavy atom. The average Bonchev–Trinajstić information content (AvgIpc) is 3.74. The van der Waals surface area contributed by atoms with Crippen LogP contribution in [0.1, 0.15) is 61.5 Å². The van der Waals surface area contributed by atoms with E-state index in [0.29, 0.717) is 11.8 Å². The summed E-state index contributed by atoms with van der Waals surface area (Å²) >= 11 is 3.97. The Hall–Kier alpha value is -3.79.